The number of nitrogens with zero attached hydrogens (tertiary/aromatic N) is 1. The van der Waals surface area contributed by atoms with Crippen LogP contribution >= 0.6 is 0 Å². The molecule has 0 aromatic heterocycles. The normalized spacial score (nSPS) is 24.7. The number of ether oxygens (including phenoxy) is 2. The zero-order chi connectivity index (χ0) is 9.64. The van der Waals surface area contributed by atoms with E-state index in [2.05, 4.69) is 0 Å². The summed E-state index contributed by atoms with van der Waals surface area (Å²) in [5, 5.41) is 0. The van der Waals surface area contributed by atoms with E-state index in [0.29, 0.717) is 6.54 Å². The Kier molecular flexibility index (Phi) is 1.55. The first kappa shape index (κ1) is 8.41. The molecule has 0 aromatic carbocycles. The maximum Gasteiger partial charge on any atom is 0.414 e. The van der Waals surface area contributed by atoms with Crippen LogP contribution in [0.3, 0.4) is 0 Å². The molecule has 2 rings (SSSR count). The SMILES string of the molecule is CC(C)(C)OC(=O)N1C=C2OC2C1. The zero-order valence-corrected chi connectivity index (χ0v) is 8.03. The molecule has 4 nitrogen and oxygen atoms in total. The highest BCUT2D eigenvalue weighted by molar-refractivity contribution is 5.70. The second kappa shape index (κ2) is 2.40. The lowest BCUT2D eigenvalue weighted by Crippen LogP contribution is -2.34. The fourth-order valence-corrected chi connectivity index (χ4v) is 1.20. The Morgan fingerprint density at radius 2 is 2.38 bits per heavy atom. The van der Waals surface area contributed by atoms with Gasteiger partial charge in [0.1, 0.15) is 5.60 Å². The van der Waals surface area contributed by atoms with Crippen molar-refractivity contribution in [3.05, 3.63) is 12.0 Å². The Morgan fingerprint density at radius 1 is 1.69 bits per heavy atom. The van der Waals surface area contributed by atoms with Crippen LogP contribution in [0.4, 0.5) is 4.79 Å². The van der Waals surface area contributed by atoms with Gasteiger partial charge in [0.2, 0.25) is 0 Å². The third-order valence-electron chi connectivity index (χ3n) is 1.81. The Morgan fingerprint density at radius 3 is 2.85 bits per heavy atom. The van der Waals surface area contributed by atoms with Gasteiger partial charge < -0.3 is 9.47 Å². The van der Waals surface area contributed by atoms with E-state index in [9.17, 15) is 4.79 Å². The molecule has 1 unspecified atom stereocenters. The molecular weight excluding hydrogens is 170 g/mol. The Bertz CT molecular complexity index is 277. The molecule has 2 aliphatic rings. The van der Waals surface area contributed by atoms with Crippen LogP contribution in [0.5, 0.6) is 0 Å². The van der Waals surface area contributed by atoms with Gasteiger partial charge in [-0.15, -0.1) is 0 Å². The highest BCUT2D eigenvalue weighted by Crippen LogP contribution is 2.34. The van der Waals surface area contributed by atoms with Crippen molar-refractivity contribution in [2.45, 2.75) is 32.5 Å². The largest absolute Gasteiger partial charge is 0.479 e. The van der Waals surface area contributed by atoms with E-state index < -0.39 is 5.60 Å². The van der Waals surface area contributed by atoms with Gasteiger partial charge in [0, 0.05) is 0 Å². The summed E-state index contributed by atoms with van der Waals surface area (Å²) in [6.07, 6.45) is 1.56. The quantitative estimate of drug-likeness (QED) is 0.534. The average molecular weight is 183 g/mol. The topological polar surface area (TPSA) is 42.1 Å². The first-order valence-electron chi connectivity index (χ1n) is 4.34. The summed E-state index contributed by atoms with van der Waals surface area (Å²) in [7, 11) is 0. The van der Waals surface area contributed by atoms with Crippen molar-refractivity contribution in [1.29, 1.82) is 0 Å². The first-order chi connectivity index (χ1) is 5.96. The Balaban J connectivity index is 1.92. The molecule has 13 heavy (non-hydrogen) atoms. The fourth-order valence-electron chi connectivity index (χ4n) is 1.20. The maximum atomic E-state index is 11.4. The van der Waals surface area contributed by atoms with E-state index in [1.54, 1.807) is 11.1 Å². The lowest BCUT2D eigenvalue weighted by Gasteiger charge is -2.23. The van der Waals surface area contributed by atoms with Crippen molar-refractivity contribution >= 4 is 6.09 Å². The van der Waals surface area contributed by atoms with Gasteiger partial charge in [-0.25, -0.2) is 4.79 Å². The number of rotatable bonds is 0. The van der Waals surface area contributed by atoms with Crippen molar-refractivity contribution in [3.8, 4) is 0 Å². The fraction of sp³-hybridized carbons (Fsp3) is 0.667. The molecule has 2 aliphatic heterocycles. The van der Waals surface area contributed by atoms with E-state index in [-0.39, 0.29) is 12.2 Å². The lowest BCUT2D eigenvalue weighted by molar-refractivity contribution is 0.0324. The van der Waals surface area contributed by atoms with Crippen molar-refractivity contribution in [1.82, 2.24) is 4.90 Å². The molecule has 0 N–H and O–H groups in total. The van der Waals surface area contributed by atoms with Crippen LogP contribution < -0.4 is 0 Å². The summed E-state index contributed by atoms with van der Waals surface area (Å²) in [6.45, 7) is 6.16. The second-order valence-electron chi connectivity index (χ2n) is 4.27. The highest BCUT2D eigenvalue weighted by atomic mass is 16.6. The van der Waals surface area contributed by atoms with Crippen LogP contribution in [0.1, 0.15) is 20.8 Å². The van der Waals surface area contributed by atoms with Gasteiger partial charge in [-0.2, -0.15) is 0 Å². The van der Waals surface area contributed by atoms with E-state index >= 15 is 0 Å². The smallest absolute Gasteiger partial charge is 0.414 e. The van der Waals surface area contributed by atoms with E-state index in [0.717, 1.165) is 5.76 Å². The van der Waals surface area contributed by atoms with Crippen molar-refractivity contribution < 1.29 is 14.3 Å². The number of fused-ring (bicyclic) bond motifs is 1. The van der Waals surface area contributed by atoms with Crippen LogP contribution in [0.15, 0.2) is 12.0 Å². The van der Waals surface area contributed by atoms with E-state index in [1.807, 2.05) is 20.8 Å². The zero-order valence-electron chi connectivity index (χ0n) is 8.03. The third kappa shape index (κ3) is 1.76. The lowest BCUT2D eigenvalue weighted by atomic mass is 10.2. The molecule has 0 aromatic rings. The number of carbonyl (C=O) groups excluding carboxylic acids is 1. The summed E-state index contributed by atoms with van der Waals surface area (Å²) in [4.78, 5) is 13.0. The van der Waals surface area contributed by atoms with Gasteiger partial charge in [-0.05, 0) is 20.8 Å². The van der Waals surface area contributed by atoms with Crippen molar-refractivity contribution in [3.63, 3.8) is 0 Å². The van der Waals surface area contributed by atoms with Gasteiger partial charge >= 0.3 is 6.09 Å². The molecule has 0 aliphatic carbocycles. The monoisotopic (exact) mass is 183 g/mol. The summed E-state index contributed by atoms with van der Waals surface area (Å²) in [6, 6.07) is 0. The van der Waals surface area contributed by atoms with Gasteiger partial charge in [-0.3, -0.25) is 4.90 Å². The number of epoxide rings is 1. The maximum absolute atomic E-state index is 11.4. The molecule has 1 atom stereocenters. The predicted octanol–water partition coefficient (Wildman–Crippen LogP) is 1.48. The van der Waals surface area contributed by atoms with Gasteiger partial charge in [0.05, 0.1) is 12.7 Å². The van der Waals surface area contributed by atoms with Crippen LogP contribution in [0, 0.1) is 0 Å². The molecule has 72 valence electrons. The number of amides is 1. The molecular formula is C9H13NO3. The van der Waals surface area contributed by atoms with Gasteiger partial charge in [0.25, 0.3) is 0 Å². The van der Waals surface area contributed by atoms with E-state index in [4.69, 9.17) is 9.47 Å². The van der Waals surface area contributed by atoms with Crippen LogP contribution in [-0.4, -0.2) is 29.2 Å². The van der Waals surface area contributed by atoms with E-state index in [1.165, 1.54) is 0 Å². The summed E-state index contributed by atoms with van der Waals surface area (Å²) >= 11 is 0. The third-order valence-corrected chi connectivity index (χ3v) is 1.81. The molecule has 0 radical (unpaired) electrons. The standard InChI is InChI=1S/C9H13NO3/c1-9(2,3)13-8(11)10-4-6-7(5-10)12-6/h4,7H,5H2,1-3H3. The van der Waals surface area contributed by atoms with Crippen molar-refractivity contribution in [2.24, 2.45) is 0 Å². The molecule has 1 saturated heterocycles. The van der Waals surface area contributed by atoms with Crippen molar-refractivity contribution in [2.75, 3.05) is 6.54 Å². The molecule has 0 spiro atoms. The Hall–Kier alpha value is -1.19. The summed E-state index contributed by atoms with van der Waals surface area (Å²) in [5.41, 5.74) is -0.427. The molecule has 4 heteroatoms. The first-order valence-corrected chi connectivity index (χ1v) is 4.34. The highest BCUT2D eigenvalue weighted by Gasteiger charge is 2.43. The molecule has 1 fully saturated rings. The summed E-state index contributed by atoms with van der Waals surface area (Å²) in [5.74, 6) is 0.894. The molecule has 2 heterocycles. The molecule has 1 amide bonds. The van der Waals surface area contributed by atoms with Gasteiger partial charge in [-0.1, -0.05) is 0 Å². The molecule has 0 bridgehead atoms. The van der Waals surface area contributed by atoms with Crippen LogP contribution in [-0.2, 0) is 9.47 Å². The molecule has 0 saturated carbocycles. The van der Waals surface area contributed by atoms with Crippen LogP contribution in [0.25, 0.3) is 0 Å². The van der Waals surface area contributed by atoms with Crippen LogP contribution in [0.2, 0.25) is 0 Å². The average Bonchev–Trinajstić information content (AvgIpc) is 2.55. The minimum absolute atomic E-state index is 0.146. The number of hydrogen-bond acceptors (Lipinski definition) is 3. The summed E-state index contributed by atoms with van der Waals surface area (Å²) < 4.78 is 10.3. The number of carbonyl (C=O) groups is 1. The number of hydrogen-bond donors (Lipinski definition) is 0. The second-order valence-corrected chi connectivity index (χ2v) is 4.27. The minimum atomic E-state index is -0.427. The minimum Gasteiger partial charge on any atom is -0.479 e. The Labute approximate surface area is 77.1 Å². The predicted molar refractivity (Wildman–Crippen MR) is 45.9 cm³/mol. The van der Waals surface area contributed by atoms with Gasteiger partial charge in [0.15, 0.2) is 11.9 Å².